The Hall–Kier alpha value is -2.18. The lowest BCUT2D eigenvalue weighted by molar-refractivity contribution is -0.117. The van der Waals surface area contributed by atoms with Crippen molar-refractivity contribution < 1.29 is 9.18 Å². The number of piperazine rings is 1. The number of hydrogen-bond donors (Lipinski definition) is 1. The summed E-state index contributed by atoms with van der Waals surface area (Å²) >= 11 is 5.70. The zero-order valence-electron chi connectivity index (χ0n) is 13.1. The highest BCUT2D eigenvalue weighted by molar-refractivity contribution is 6.30. The van der Waals surface area contributed by atoms with Crippen molar-refractivity contribution in [2.24, 2.45) is 0 Å². The first kappa shape index (κ1) is 16.7. The summed E-state index contributed by atoms with van der Waals surface area (Å²) in [5.74, 6) is 0.183. The van der Waals surface area contributed by atoms with E-state index in [4.69, 9.17) is 11.6 Å². The fourth-order valence-corrected chi connectivity index (χ4v) is 2.82. The molecule has 1 fully saturated rings. The maximum absolute atomic E-state index is 13.7. The van der Waals surface area contributed by atoms with E-state index in [1.165, 1.54) is 12.1 Å². The Morgan fingerprint density at radius 3 is 2.67 bits per heavy atom. The number of hydrogen-bond acceptors (Lipinski definition) is 4. The van der Waals surface area contributed by atoms with Gasteiger partial charge in [-0.15, -0.1) is 0 Å². The van der Waals surface area contributed by atoms with Crippen LogP contribution in [0.15, 0.2) is 42.6 Å². The number of halogens is 2. The van der Waals surface area contributed by atoms with E-state index < -0.39 is 5.82 Å². The molecule has 2 heterocycles. The molecule has 24 heavy (non-hydrogen) atoms. The Kier molecular flexibility index (Phi) is 5.27. The summed E-state index contributed by atoms with van der Waals surface area (Å²) in [5, 5.41) is 2.89. The first-order valence-electron chi connectivity index (χ1n) is 7.75. The average Bonchev–Trinajstić information content (AvgIpc) is 2.59. The molecular weight excluding hydrogens is 331 g/mol. The van der Waals surface area contributed by atoms with Gasteiger partial charge in [-0.25, -0.2) is 9.37 Å². The Labute approximate surface area is 145 Å². The fourth-order valence-electron chi connectivity index (χ4n) is 2.66. The largest absolute Gasteiger partial charge is 0.354 e. The molecule has 5 nitrogen and oxygen atoms in total. The highest BCUT2D eigenvalue weighted by atomic mass is 35.5. The molecule has 3 rings (SSSR count). The average molecular weight is 349 g/mol. The lowest BCUT2D eigenvalue weighted by Crippen LogP contribution is -2.48. The second-order valence-corrected chi connectivity index (χ2v) is 6.06. The van der Waals surface area contributed by atoms with Crippen molar-refractivity contribution in [1.82, 2.24) is 9.88 Å². The number of anilines is 2. The van der Waals surface area contributed by atoms with E-state index in [1.54, 1.807) is 12.3 Å². The van der Waals surface area contributed by atoms with Gasteiger partial charge in [0.05, 0.1) is 12.2 Å². The lowest BCUT2D eigenvalue weighted by Gasteiger charge is -2.34. The molecule has 1 saturated heterocycles. The second kappa shape index (κ2) is 7.59. The van der Waals surface area contributed by atoms with Crippen LogP contribution in [0.3, 0.4) is 0 Å². The number of nitrogens with zero attached hydrogens (tertiary/aromatic N) is 3. The molecule has 1 amide bonds. The van der Waals surface area contributed by atoms with Crippen molar-refractivity contribution in [3.05, 3.63) is 53.4 Å². The molecule has 0 saturated carbocycles. The molecule has 1 aliphatic rings. The molecule has 1 aliphatic heterocycles. The van der Waals surface area contributed by atoms with E-state index >= 15 is 0 Å². The van der Waals surface area contributed by atoms with Gasteiger partial charge in [0.1, 0.15) is 11.6 Å². The van der Waals surface area contributed by atoms with Gasteiger partial charge in [0.15, 0.2) is 0 Å². The molecule has 0 radical (unpaired) electrons. The Bertz CT molecular complexity index is 705. The Morgan fingerprint density at radius 1 is 1.21 bits per heavy atom. The van der Waals surface area contributed by atoms with Crippen molar-refractivity contribution in [3.8, 4) is 0 Å². The zero-order valence-corrected chi connectivity index (χ0v) is 13.8. The summed E-state index contributed by atoms with van der Waals surface area (Å²) in [5.41, 5.74) is 0.150. The summed E-state index contributed by atoms with van der Waals surface area (Å²) in [6, 6.07) is 10.0. The number of carbonyl (C=O) groups is 1. The molecule has 126 valence electrons. The number of carbonyl (C=O) groups excluding carboxylic acids is 1. The summed E-state index contributed by atoms with van der Waals surface area (Å²) in [6.45, 7) is 3.36. The van der Waals surface area contributed by atoms with E-state index in [0.717, 1.165) is 32.0 Å². The van der Waals surface area contributed by atoms with Crippen LogP contribution < -0.4 is 10.2 Å². The first-order valence-corrected chi connectivity index (χ1v) is 8.13. The van der Waals surface area contributed by atoms with E-state index in [0.29, 0.717) is 5.02 Å². The van der Waals surface area contributed by atoms with Crippen LogP contribution in [0.5, 0.6) is 0 Å². The predicted octanol–water partition coefficient (Wildman–Crippen LogP) is 2.63. The maximum Gasteiger partial charge on any atom is 0.238 e. The third-order valence-electron chi connectivity index (χ3n) is 3.92. The standard InChI is InChI=1S/C17H18ClFN4O/c18-13-4-5-15(14(19)11-13)21-17(24)12-22-7-9-23(10-8-22)16-3-1-2-6-20-16/h1-6,11H,7-10,12H2,(H,21,24). The third-order valence-corrected chi connectivity index (χ3v) is 4.15. The third kappa shape index (κ3) is 4.21. The van der Waals surface area contributed by atoms with Crippen molar-refractivity contribution in [3.63, 3.8) is 0 Å². The number of pyridine rings is 1. The van der Waals surface area contributed by atoms with Gasteiger partial charge in [-0.3, -0.25) is 9.69 Å². The highest BCUT2D eigenvalue weighted by Crippen LogP contribution is 2.19. The molecule has 7 heteroatoms. The minimum Gasteiger partial charge on any atom is -0.354 e. The summed E-state index contributed by atoms with van der Waals surface area (Å²) < 4.78 is 13.7. The quantitative estimate of drug-likeness (QED) is 0.922. The van der Waals surface area contributed by atoms with Crippen molar-refractivity contribution in [2.45, 2.75) is 0 Å². The van der Waals surface area contributed by atoms with Gasteiger partial charge < -0.3 is 10.2 Å². The molecule has 0 bridgehead atoms. The van der Waals surface area contributed by atoms with Crippen molar-refractivity contribution >= 4 is 29.0 Å². The van der Waals surface area contributed by atoms with Gasteiger partial charge in [-0.2, -0.15) is 0 Å². The van der Waals surface area contributed by atoms with Gasteiger partial charge in [-0.05, 0) is 30.3 Å². The van der Waals surface area contributed by atoms with E-state index in [-0.39, 0.29) is 18.1 Å². The van der Waals surface area contributed by atoms with E-state index in [2.05, 4.69) is 15.2 Å². The zero-order chi connectivity index (χ0) is 16.9. The molecule has 1 aromatic carbocycles. The van der Waals surface area contributed by atoms with Crippen LogP contribution in [-0.2, 0) is 4.79 Å². The molecule has 0 atom stereocenters. The molecule has 0 aliphatic carbocycles. The summed E-state index contributed by atoms with van der Waals surface area (Å²) in [6.07, 6.45) is 1.77. The van der Waals surface area contributed by atoms with Crippen LogP contribution in [0.25, 0.3) is 0 Å². The van der Waals surface area contributed by atoms with Gasteiger partial charge in [0.25, 0.3) is 0 Å². The topological polar surface area (TPSA) is 48.5 Å². The number of benzene rings is 1. The Morgan fingerprint density at radius 2 is 2.00 bits per heavy atom. The lowest BCUT2D eigenvalue weighted by atomic mass is 10.2. The number of amides is 1. The van der Waals surface area contributed by atoms with Gasteiger partial charge in [0.2, 0.25) is 5.91 Å². The van der Waals surface area contributed by atoms with Gasteiger partial charge in [0, 0.05) is 37.4 Å². The predicted molar refractivity (Wildman–Crippen MR) is 92.9 cm³/mol. The van der Waals surface area contributed by atoms with Crippen LogP contribution in [0, 0.1) is 5.82 Å². The summed E-state index contributed by atoms with van der Waals surface area (Å²) in [4.78, 5) is 20.7. The van der Waals surface area contributed by atoms with Crippen LogP contribution >= 0.6 is 11.6 Å². The Balaban J connectivity index is 1.50. The number of rotatable bonds is 4. The molecule has 2 aromatic rings. The monoisotopic (exact) mass is 348 g/mol. The van der Waals surface area contributed by atoms with Gasteiger partial charge in [-0.1, -0.05) is 17.7 Å². The number of nitrogens with one attached hydrogen (secondary N) is 1. The minimum atomic E-state index is -0.532. The second-order valence-electron chi connectivity index (χ2n) is 5.62. The number of aromatic nitrogens is 1. The normalized spacial score (nSPS) is 15.3. The molecule has 0 unspecified atom stereocenters. The van der Waals surface area contributed by atoms with Crippen LogP contribution in [0.1, 0.15) is 0 Å². The van der Waals surface area contributed by atoms with Crippen LogP contribution in [-0.4, -0.2) is 48.5 Å². The molecular formula is C17H18ClFN4O. The van der Waals surface area contributed by atoms with Gasteiger partial charge >= 0.3 is 0 Å². The minimum absolute atomic E-state index is 0.150. The highest BCUT2D eigenvalue weighted by Gasteiger charge is 2.20. The van der Waals surface area contributed by atoms with Crippen molar-refractivity contribution in [1.29, 1.82) is 0 Å². The molecule has 0 spiro atoms. The maximum atomic E-state index is 13.7. The fraction of sp³-hybridized carbons (Fsp3) is 0.294. The van der Waals surface area contributed by atoms with E-state index in [1.807, 2.05) is 23.1 Å². The van der Waals surface area contributed by atoms with E-state index in [9.17, 15) is 9.18 Å². The van der Waals surface area contributed by atoms with Crippen molar-refractivity contribution in [2.75, 3.05) is 42.9 Å². The molecule has 1 aromatic heterocycles. The SMILES string of the molecule is O=C(CN1CCN(c2ccccn2)CC1)Nc1ccc(Cl)cc1F. The van der Waals surface area contributed by atoms with Crippen LogP contribution in [0.2, 0.25) is 5.02 Å². The summed E-state index contributed by atoms with van der Waals surface area (Å²) in [7, 11) is 0. The first-order chi connectivity index (χ1) is 11.6. The molecule has 1 N–H and O–H groups in total. The smallest absolute Gasteiger partial charge is 0.238 e. The van der Waals surface area contributed by atoms with Crippen LogP contribution in [0.4, 0.5) is 15.9 Å².